The summed E-state index contributed by atoms with van der Waals surface area (Å²) in [5.41, 5.74) is 22.1. The van der Waals surface area contributed by atoms with Crippen LogP contribution >= 0.6 is 0 Å². The van der Waals surface area contributed by atoms with Crippen molar-refractivity contribution in [2.75, 3.05) is 9.80 Å². The number of para-hydroxylation sites is 5. The molecule has 70 heavy (non-hydrogen) atoms. The van der Waals surface area contributed by atoms with Crippen molar-refractivity contribution in [3.8, 4) is 39.1 Å². The zero-order valence-electron chi connectivity index (χ0n) is 38.3. The molecule has 3 heteroatoms. The molecule has 1 atom stereocenters. The highest BCUT2D eigenvalue weighted by molar-refractivity contribution is 6.10. The normalized spacial score (nSPS) is 14.1. The largest absolute Gasteiger partial charge is 0.310 e. The van der Waals surface area contributed by atoms with Gasteiger partial charge in [0.05, 0.1) is 27.8 Å². The van der Waals surface area contributed by atoms with Crippen LogP contribution < -0.4 is 9.80 Å². The van der Waals surface area contributed by atoms with E-state index in [0.717, 1.165) is 39.8 Å². The highest BCUT2D eigenvalue weighted by atomic mass is 15.2. The summed E-state index contributed by atoms with van der Waals surface area (Å²) in [5, 5.41) is 2.47. The topological polar surface area (TPSA) is 11.4 Å². The Morgan fingerprint density at radius 1 is 0.286 bits per heavy atom. The van der Waals surface area contributed by atoms with E-state index in [2.05, 4.69) is 287 Å². The van der Waals surface area contributed by atoms with E-state index in [0.29, 0.717) is 0 Å². The molecule has 0 saturated carbocycles. The monoisotopic (exact) mass is 891 g/mol. The van der Waals surface area contributed by atoms with Crippen molar-refractivity contribution in [3.63, 3.8) is 0 Å². The molecule has 1 heterocycles. The molecule has 1 unspecified atom stereocenters. The zero-order chi connectivity index (χ0) is 46.2. The number of anilines is 6. The SMILES string of the molecule is c1ccc(-c2ccccc2N(c2ccccc2)c2cccc3c2C2(c4ccccc4-c4cc(N(c5ccccc5)c5ccc6c7ccccc7n(-c7ccccc7)c6c5)ccc42)c2ccccc2-3)cc1. The van der Waals surface area contributed by atoms with Crippen molar-refractivity contribution in [1.82, 2.24) is 4.57 Å². The summed E-state index contributed by atoms with van der Waals surface area (Å²) >= 11 is 0. The van der Waals surface area contributed by atoms with E-state index in [4.69, 9.17) is 0 Å². The lowest BCUT2D eigenvalue weighted by atomic mass is 9.70. The maximum Gasteiger partial charge on any atom is 0.0746 e. The smallest absolute Gasteiger partial charge is 0.0746 e. The molecular formula is C67H45N3. The summed E-state index contributed by atoms with van der Waals surface area (Å²) in [6.45, 7) is 0. The summed E-state index contributed by atoms with van der Waals surface area (Å²) < 4.78 is 2.41. The molecule has 2 aliphatic rings. The molecule has 11 aromatic carbocycles. The Morgan fingerprint density at radius 2 is 0.786 bits per heavy atom. The van der Waals surface area contributed by atoms with Crippen LogP contribution in [0.15, 0.2) is 273 Å². The van der Waals surface area contributed by atoms with Gasteiger partial charge in [-0.15, -0.1) is 0 Å². The summed E-state index contributed by atoms with van der Waals surface area (Å²) in [5.74, 6) is 0. The fraction of sp³-hybridized carbons (Fsp3) is 0.0149. The molecule has 1 spiro atoms. The van der Waals surface area contributed by atoms with Crippen LogP contribution in [0.1, 0.15) is 22.3 Å². The molecule has 0 fully saturated rings. The van der Waals surface area contributed by atoms with Gasteiger partial charge in [-0.1, -0.05) is 194 Å². The van der Waals surface area contributed by atoms with Gasteiger partial charge >= 0.3 is 0 Å². The molecule has 0 bridgehead atoms. The van der Waals surface area contributed by atoms with Gasteiger partial charge in [0, 0.05) is 50.3 Å². The van der Waals surface area contributed by atoms with Crippen LogP contribution in [0.3, 0.4) is 0 Å². The molecule has 1 aromatic heterocycles. The van der Waals surface area contributed by atoms with Crippen molar-refractivity contribution in [2.24, 2.45) is 0 Å². The second kappa shape index (κ2) is 16.0. The maximum absolute atomic E-state index is 2.51. The summed E-state index contributed by atoms with van der Waals surface area (Å²) in [4.78, 5) is 4.94. The lowest BCUT2D eigenvalue weighted by Gasteiger charge is -2.36. The molecule has 2 aliphatic carbocycles. The average Bonchev–Trinajstić information content (AvgIpc) is 4.04. The molecule has 0 aliphatic heterocycles. The highest BCUT2D eigenvalue weighted by Gasteiger charge is 2.53. The second-order valence-corrected chi connectivity index (χ2v) is 18.4. The van der Waals surface area contributed by atoms with E-state index < -0.39 is 5.41 Å². The van der Waals surface area contributed by atoms with Crippen LogP contribution in [-0.2, 0) is 5.41 Å². The number of nitrogens with zero attached hydrogens (tertiary/aromatic N) is 3. The van der Waals surface area contributed by atoms with Crippen molar-refractivity contribution < 1.29 is 0 Å². The first-order valence-corrected chi connectivity index (χ1v) is 24.2. The molecule has 0 N–H and O–H groups in total. The Labute approximate surface area is 408 Å². The van der Waals surface area contributed by atoms with Crippen LogP contribution in [0.2, 0.25) is 0 Å². The first-order chi connectivity index (χ1) is 34.8. The number of fused-ring (bicyclic) bond motifs is 13. The van der Waals surface area contributed by atoms with Crippen LogP contribution in [0.25, 0.3) is 60.9 Å². The van der Waals surface area contributed by atoms with Gasteiger partial charge in [-0.05, 0) is 123 Å². The number of benzene rings is 11. The number of aromatic nitrogens is 1. The summed E-state index contributed by atoms with van der Waals surface area (Å²) in [7, 11) is 0. The quantitative estimate of drug-likeness (QED) is 0.151. The molecule has 0 saturated heterocycles. The van der Waals surface area contributed by atoms with Gasteiger partial charge in [0.2, 0.25) is 0 Å². The van der Waals surface area contributed by atoms with Gasteiger partial charge in [0.25, 0.3) is 0 Å². The van der Waals surface area contributed by atoms with E-state index in [-0.39, 0.29) is 0 Å². The lowest BCUT2D eigenvalue weighted by molar-refractivity contribution is 0.793. The third-order valence-corrected chi connectivity index (χ3v) is 14.8. The van der Waals surface area contributed by atoms with Gasteiger partial charge in [0.1, 0.15) is 0 Å². The van der Waals surface area contributed by atoms with Gasteiger partial charge in [-0.25, -0.2) is 0 Å². The van der Waals surface area contributed by atoms with E-state index in [9.17, 15) is 0 Å². The Balaban J connectivity index is 1.02. The minimum atomic E-state index is -0.616. The van der Waals surface area contributed by atoms with Crippen LogP contribution in [-0.4, -0.2) is 4.57 Å². The molecule has 12 aromatic rings. The molecule has 0 amide bonds. The molecule has 328 valence electrons. The summed E-state index contributed by atoms with van der Waals surface area (Å²) in [6.07, 6.45) is 0. The fourth-order valence-electron chi connectivity index (χ4n) is 12.0. The molecular weight excluding hydrogens is 847 g/mol. The van der Waals surface area contributed by atoms with E-state index in [1.807, 2.05) is 0 Å². The molecule has 3 nitrogen and oxygen atoms in total. The van der Waals surface area contributed by atoms with Gasteiger partial charge in [-0.3, -0.25) is 0 Å². The third kappa shape index (κ3) is 5.88. The Hall–Kier alpha value is -9.18. The van der Waals surface area contributed by atoms with Gasteiger partial charge in [-0.2, -0.15) is 0 Å². The minimum absolute atomic E-state index is 0.616. The zero-order valence-corrected chi connectivity index (χ0v) is 38.3. The van der Waals surface area contributed by atoms with E-state index >= 15 is 0 Å². The first-order valence-electron chi connectivity index (χ1n) is 24.2. The highest BCUT2D eigenvalue weighted by Crippen LogP contribution is 2.66. The third-order valence-electron chi connectivity index (χ3n) is 14.8. The van der Waals surface area contributed by atoms with Crippen LogP contribution in [0.5, 0.6) is 0 Å². The van der Waals surface area contributed by atoms with Gasteiger partial charge in [0.15, 0.2) is 0 Å². The second-order valence-electron chi connectivity index (χ2n) is 18.4. The predicted molar refractivity (Wildman–Crippen MR) is 292 cm³/mol. The van der Waals surface area contributed by atoms with Crippen molar-refractivity contribution in [3.05, 3.63) is 295 Å². The summed E-state index contributed by atoms with van der Waals surface area (Å²) in [6, 6.07) is 100. The predicted octanol–water partition coefficient (Wildman–Crippen LogP) is 17.7. The molecule has 0 radical (unpaired) electrons. The standard InChI is InChI=1S/C67H45N3/c1-5-22-46(23-6-1)52-30-15-19-37-62(52)69(48-26-9-3-10-27-48)64-39-21-34-57-53-31-13-17-35-59(53)67(66(57)64)60-36-18-14-32-54(60)58-44-50(41-43-61(58)67)68(47-24-7-2-8-25-47)51-40-42-56-55-33-16-20-38-63(55)70(65(56)45-51)49-28-11-4-12-29-49/h1-45H. The van der Waals surface area contributed by atoms with Crippen LogP contribution in [0.4, 0.5) is 34.1 Å². The number of hydrogen-bond donors (Lipinski definition) is 0. The van der Waals surface area contributed by atoms with Gasteiger partial charge < -0.3 is 14.4 Å². The Morgan fingerprint density at radius 3 is 1.51 bits per heavy atom. The Kier molecular flexibility index (Phi) is 9.11. The van der Waals surface area contributed by atoms with Crippen LogP contribution in [0, 0.1) is 0 Å². The van der Waals surface area contributed by atoms with E-state index in [1.54, 1.807) is 0 Å². The van der Waals surface area contributed by atoms with Crippen molar-refractivity contribution in [1.29, 1.82) is 0 Å². The minimum Gasteiger partial charge on any atom is -0.310 e. The fourth-order valence-corrected chi connectivity index (χ4v) is 12.0. The average molecular weight is 892 g/mol. The Bertz CT molecular complexity index is 3950. The van der Waals surface area contributed by atoms with E-state index in [1.165, 1.54) is 77.4 Å². The van der Waals surface area contributed by atoms with Crippen molar-refractivity contribution in [2.45, 2.75) is 5.41 Å². The maximum atomic E-state index is 2.51. The molecule has 14 rings (SSSR count). The van der Waals surface area contributed by atoms with Crippen molar-refractivity contribution >= 4 is 55.9 Å². The first kappa shape index (κ1) is 39.9. The number of rotatable bonds is 8. The lowest BCUT2D eigenvalue weighted by Crippen LogP contribution is -2.28. The number of hydrogen-bond acceptors (Lipinski definition) is 2.